The van der Waals surface area contributed by atoms with Gasteiger partial charge in [0.05, 0.1) is 16.6 Å². The molecule has 0 spiro atoms. The molecule has 0 bridgehead atoms. The van der Waals surface area contributed by atoms with Gasteiger partial charge in [-0.2, -0.15) is 9.49 Å². The van der Waals surface area contributed by atoms with Crippen molar-refractivity contribution in [3.8, 4) is 11.1 Å². The van der Waals surface area contributed by atoms with Crippen LogP contribution in [-0.4, -0.2) is 31.9 Å². The van der Waals surface area contributed by atoms with E-state index in [2.05, 4.69) is 10.1 Å². The van der Waals surface area contributed by atoms with Gasteiger partial charge in [0.25, 0.3) is 5.91 Å². The van der Waals surface area contributed by atoms with E-state index in [9.17, 15) is 9.18 Å². The van der Waals surface area contributed by atoms with Crippen LogP contribution < -0.4 is 0 Å². The van der Waals surface area contributed by atoms with Gasteiger partial charge < -0.3 is 4.90 Å². The van der Waals surface area contributed by atoms with E-state index in [4.69, 9.17) is 11.6 Å². The number of rotatable bonds is 2. The molecule has 5 rings (SSSR count). The fraction of sp³-hybridized carbons (Fsp3) is 0.174. The normalized spacial score (nSPS) is 16.0. The van der Waals surface area contributed by atoms with Gasteiger partial charge in [-0.05, 0) is 60.4 Å². The SMILES string of the molecule is CC1c2ccc(-c3cccnc3F)cc2CCN1C(=O)c1cc2ccc(Cl)cn2n1. The Morgan fingerprint density at radius 3 is 2.90 bits per heavy atom. The van der Waals surface area contributed by atoms with Gasteiger partial charge in [-0.15, -0.1) is 0 Å². The number of fused-ring (bicyclic) bond motifs is 2. The van der Waals surface area contributed by atoms with Crippen LogP contribution in [0.25, 0.3) is 16.6 Å². The van der Waals surface area contributed by atoms with Gasteiger partial charge in [0.15, 0.2) is 5.69 Å². The zero-order valence-corrected chi connectivity index (χ0v) is 17.0. The number of pyridine rings is 2. The van der Waals surface area contributed by atoms with Crippen LogP contribution in [0, 0.1) is 5.95 Å². The van der Waals surface area contributed by atoms with Crippen LogP contribution in [0.15, 0.2) is 60.9 Å². The number of aromatic nitrogens is 3. The molecule has 0 aliphatic carbocycles. The van der Waals surface area contributed by atoms with Gasteiger partial charge in [0.2, 0.25) is 5.95 Å². The summed E-state index contributed by atoms with van der Waals surface area (Å²) in [5.74, 6) is -0.597. The van der Waals surface area contributed by atoms with Crippen LogP contribution in [0.5, 0.6) is 0 Å². The molecule has 0 fully saturated rings. The van der Waals surface area contributed by atoms with Gasteiger partial charge in [-0.1, -0.05) is 29.8 Å². The number of carbonyl (C=O) groups is 1. The highest BCUT2D eigenvalue weighted by molar-refractivity contribution is 6.30. The van der Waals surface area contributed by atoms with Gasteiger partial charge in [0.1, 0.15) is 0 Å². The standard InChI is InChI=1S/C23H18ClFN4O/c1-14-19-7-4-15(20-3-2-9-26-22(20)25)11-16(19)8-10-28(14)23(30)21-12-18-6-5-17(24)13-29(18)27-21/h2-7,9,11-14H,8,10H2,1H3. The van der Waals surface area contributed by atoms with Crippen molar-refractivity contribution in [3.63, 3.8) is 0 Å². The fourth-order valence-corrected chi connectivity index (χ4v) is 4.25. The summed E-state index contributed by atoms with van der Waals surface area (Å²) in [5, 5.41) is 4.96. The molecule has 7 heteroatoms. The van der Waals surface area contributed by atoms with Crippen LogP contribution in [0.3, 0.4) is 0 Å². The minimum atomic E-state index is -0.481. The predicted molar refractivity (Wildman–Crippen MR) is 113 cm³/mol. The van der Waals surface area contributed by atoms with Crippen molar-refractivity contribution >= 4 is 23.0 Å². The molecule has 0 radical (unpaired) electrons. The summed E-state index contributed by atoms with van der Waals surface area (Å²) < 4.78 is 15.7. The molecule has 30 heavy (non-hydrogen) atoms. The molecule has 0 saturated heterocycles. The lowest BCUT2D eigenvalue weighted by Crippen LogP contribution is -2.39. The van der Waals surface area contributed by atoms with Crippen LogP contribution >= 0.6 is 11.6 Å². The summed E-state index contributed by atoms with van der Waals surface area (Å²) in [5.41, 5.74) is 4.67. The zero-order chi connectivity index (χ0) is 20.8. The molecule has 1 amide bonds. The van der Waals surface area contributed by atoms with Crippen molar-refractivity contribution in [3.05, 3.63) is 88.7 Å². The molecule has 4 aromatic rings. The van der Waals surface area contributed by atoms with Crippen molar-refractivity contribution in [2.75, 3.05) is 6.54 Å². The lowest BCUT2D eigenvalue weighted by atomic mass is 9.90. The molecule has 0 N–H and O–H groups in total. The van der Waals surface area contributed by atoms with E-state index in [1.165, 1.54) is 6.20 Å². The monoisotopic (exact) mass is 420 g/mol. The number of benzene rings is 1. The third-order valence-electron chi connectivity index (χ3n) is 5.66. The summed E-state index contributed by atoms with van der Waals surface area (Å²) in [6.07, 6.45) is 3.82. The molecule has 3 aromatic heterocycles. The van der Waals surface area contributed by atoms with E-state index in [0.29, 0.717) is 29.2 Å². The first-order chi connectivity index (χ1) is 14.5. The Morgan fingerprint density at radius 1 is 1.20 bits per heavy atom. The molecule has 4 heterocycles. The lowest BCUT2D eigenvalue weighted by Gasteiger charge is -2.35. The maximum absolute atomic E-state index is 14.1. The minimum absolute atomic E-state index is 0.109. The lowest BCUT2D eigenvalue weighted by molar-refractivity contribution is 0.0671. The third-order valence-corrected chi connectivity index (χ3v) is 5.88. The van der Waals surface area contributed by atoms with E-state index < -0.39 is 5.95 Å². The summed E-state index contributed by atoms with van der Waals surface area (Å²) in [6.45, 7) is 2.58. The zero-order valence-electron chi connectivity index (χ0n) is 16.2. The maximum Gasteiger partial charge on any atom is 0.274 e. The van der Waals surface area contributed by atoms with Crippen LogP contribution in [0.1, 0.15) is 34.6 Å². The molecule has 1 aromatic carbocycles. The smallest absolute Gasteiger partial charge is 0.274 e. The Morgan fingerprint density at radius 2 is 2.07 bits per heavy atom. The van der Waals surface area contributed by atoms with E-state index in [0.717, 1.165) is 22.2 Å². The predicted octanol–water partition coefficient (Wildman–Crippen LogP) is 4.95. The average Bonchev–Trinajstić information content (AvgIpc) is 3.17. The number of carbonyl (C=O) groups excluding carboxylic acids is 1. The van der Waals surface area contributed by atoms with E-state index in [-0.39, 0.29) is 11.9 Å². The van der Waals surface area contributed by atoms with Gasteiger partial charge in [0, 0.05) is 24.5 Å². The first kappa shape index (κ1) is 18.8. The molecular formula is C23H18ClFN4O. The molecular weight excluding hydrogens is 403 g/mol. The second-order valence-corrected chi connectivity index (χ2v) is 7.86. The molecule has 5 nitrogen and oxygen atoms in total. The van der Waals surface area contributed by atoms with Gasteiger partial charge >= 0.3 is 0 Å². The van der Waals surface area contributed by atoms with Crippen molar-refractivity contribution in [1.82, 2.24) is 19.5 Å². The largest absolute Gasteiger partial charge is 0.330 e. The van der Waals surface area contributed by atoms with E-state index in [1.807, 2.05) is 36.1 Å². The van der Waals surface area contributed by atoms with E-state index >= 15 is 0 Å². The summed E-state index contributed by atoms with van der Waals surface area (Å²) in [4.78, 5) is 18.7. The Hall–Kier alpha value is -3.25. The topological polar surface area (TPSA) is 50.5 Å². The van der Waals surface area contributed by atoms with Crippen LogP contribution in [0.4, 0.5) is 4.39 Å². The highest BCUT2D eigenvalue weighted by Crippen LogP contribution is 2.34. The van der Waals surface area contributed by atoms with Crippen LogP contribution in [-0.2, 0) is 6.42 Å². The number of amides is 1. The molecule has 1 atom stereocenters. The Balaban J connectivity index is 1.45. The maximum atomic E-state index is 14.1. The molecule has 1 aliphatic heterocycles. The van der Waals surface area contributed by atoms with Crippen molar-refractivity contribution < 1.29 is 9.18 Å². The number of nitrogens with zero attached hydrogens (tertiary/aromatic N) is 4. The van der Waals surface area contributed by atoms with Gasteiger partial charge in [-0.3, -0.25) is 4.79 Å². The number of halogens is 2. The van der Waals surface area contributed by atoms with Crippen molar-refractivity contribution in [2.24, 2.45) is 0 Å². The Kier molecular flexibility index (Phi) is 4.51. The third kappa shape index (κ3) is 3.13. The quantitative estimate of drug-likeness (QED) is 0.431. The highest BCUT2D eigenvalue weighted by atomic mass is 35.5. The first-order valence-corrected chi connectivity index (χ1v) is 10.1. The molecule has 1 unspecified atom stereocenters. The Bertz CT molecular complexity index is 1290. The molecule has 1 aliphatic rings. The van der Waals surface area contributed by atoms with Gasteiger partial charge in [-0.25, -0.2) is 9.50 Å². The second kappa shape index (κ2) is 7.22. The van der Waals surface area contributed by atoms with E-state index in [1.54, 1.807) is 35.0 Å². The highest BCUT2D eigenvalue weighted by Gasteiger charge is 2.30. The summed E-state index contributed by atoms with van der Waals surface area (Å²) in [6, 6.07) is 14.6. The summed E-state index contributed by atoms with van der Waals surface area (Å²) >= 11 is 6.02. The fourth-order valence-electron chi connectivity index (χ4n) is 4.09. The molecule has 0 saturated carbocycles. The average molecular weight is 421 g/mol. The van der Waals surface area contributed by atoms with Crippen molar-refractivity contribution in [2.45, 2.75) is 19.4 Å². The van der Waals surface area contributed by atoms with Crippen LogP contribution in [0.2, 0.25) is 5.02 Å². The summed E-state index contributed by atoms with van der Waals surface area (Å²) in [7, 11) is 0. The number of hydrogen-bond acceptors (Lipinski definition) is 3. The minimum Gasteiger partial charge on any atom is -0.330 e. The number of hydrogen-bond donors (Lipinski definition) is 0. The van der Waals surface area contributed by atoms with Crippen molar-refractivity contribution in [1.29, 1.82) is 0 Å². The second-order valence-electron chi connectivity index (χ2n) is 7.43. The molecule has 150 valence electrons. The first-order valence-electron chi connectivity index (χ1n) is 9.71. The Labute approximate surface area is 177 Å².